The van der Waals surface area contributed by atoms with Gasteiger partial charge in [0.25, 0.3) is 5.91 Å². The summed E-state index contributed by atoms with van der Waals surface area (Å²) in [5, 5.41) is 2.03. The first-order valence-electron chi connectivity index (χ1n) is 4.91. The van der Waals surface area contributed by atoms with Gasteiger partial charge in [-0.1, -0.05) is 0 Å². The van der Waals surface area contributed by atoms with Gasteiger partial charge in [0, 0.05) is 18.0 Å². The maximum atomic E-state index is 11.3. The molecule has 1 fully saturated rings. The largest absolute Gasteiger partial charge is 0.419 e. The highest BCUT2D eigenvalue weighted by Crippen LogP contribution is 2.19. The predicted octanol–water partition coefficient (Wildman–Crippen LogP) is 1.17. The zero-order valence-electron chi connectivity index (χ0n) is 8.56. The second-order valence-electron chi connectivity index (χ2n) is 3.50. The molecule has 1 aliphatic rings. The van der Waals surface area contributed by atoms with Crippen LogP contribution in [0.3, 0.4) is 0 Å². The molecule has 0 radical (unpaired) electrons. The maximum absolute atomic E-state index is 11.3. The first-order chi connectivity index (χ1) is 8.24. The molecular formula is C11H7N3O3. The molecule has 17 heavy (non-hydrogen) atoms. The molecule has 1 saturated heterocycles. The first kappa shape index (κ1) is 9.59. The van der Waals surface area contributed by atoms with Gasteiger partial charge in [-0.3, -0.25) is 15.1 Å². The SMILES string of the molecule is O=C1NC(=O)/C(=C/c2c[nH]c3cccnc23)O1. The van der Waals surface area contributed by atoms with Crippen LogP contribution in [0.4, 0.5) is 4.79 Å². The van der Waals surface area contributed by atoms with Gasteiger partial charge >= 0.3 is 6.09 Å². The van der Waals surface area contributed by atoms with Gasteiger partial charge in [0.05, 0.1) is 11.0 Å². The van der Waals surface area contributed by atoms with E-state index in [0.717, 1.165) is 11.0 Å². The van der Waals surface area contributed by atoms with Crippen molar-refractivity contribution in [1.82, 2.24) is 15.3 Å². The van der Waals surface area contributed by atoms with E-state index in [2.05, 4.69) is 9.97 Å². The first-order valence-corrected chi connectivity index (χ1v) is 4.91. The van der Waals surface area contributed by atoms with Gasteiger partial charge in [0.1, 0.15) is 0 Å². The molecule has 0 aliphatic carbocycles. The number of amides is 2. The van der Waals surface area contributed by atoms with Crippen molar-refractivity contribution in [2.75, 3.05) is 0 Å². The van der Waals surface area contributed by atoms with Crippen molar-refractivity contribution >= 4 is 29.1 Å². The Bertz CT molecular complexity index is 657. The van der Waals surface area contributed by atoms with Crippen LogP contribution in [0, 0.1) is 0 Å². The number of carbonyl (C=O) groups is 2. The van der Waals surface area contributed by atoms with Crippen molar-refractivity contribution in [3.05, 3.63) is 35.8 Å². The molecule has 0 saturated carbocycles. The lowest BCUT2D eigenvalue weighted by molar-refractivity contribution is -0.116. The van der Waals surface area contributed by atoms with Gasteiger partial charge < -0.3 is 9.72 Å². The molecular weight excluding hydrogens is 222 g/mol. The molecule has 6 nitrogen and oxygen atoms in total. The number of ether oxygens (including phenoxy) is 1. The Hall–Kier alpha value is -2.63. The number of cyclic esters (lactones) is 1. The zero-order valence-corrected chi connectivity index (χ0v) is 8.56. The van der Waals surface area contributed by atoms with Crippen LogP contribution in [0.25, 0.3) is 17.1 Å². The van der Waals surface area contributed by atoms with Crippen LogP contribution in [-0.4, -0.2) is 22.0 Å². The van der Waals surface area contributed by atoms with Gasteiger partial charge in [-0.2, -0.15) is 0 Å². The molecule has 6 heteroatoms. The summed E-state index contributed by atoms with van der Waals surface area (Å²) in [7, 11) is 0. The average molecular weight is 229 g/mol. The number of hydrogen-bond acceptors (Lipinski definition) is 4. The maximum Gasteiger partial charge on any atom is 0.419 e. The lowest BCUT2D eigenvalue weighted by Crippen LogP contribution is -2.18. The minimum absolute atomic E-state index is 0.0263. The van der Waals surface area contributed by atoms with Crippen LogP contribution in [0.2, 0.25) is 0 Å². The van der Waals surface area contributed by atoms with Crippen LogP contribution in [0.15, 0.2) is 30.3 Å². The van der Waals surface area contributed by atoms with Crippen LogP contribution >= 0.6 is 0 Å². The molecule has 2 aromatic heterocycles. The van der Waals surface area contributed by atoms with Crippen LogP contribution in [-0.2, 0) is 9.53 Å². The van der Waals surface area contributed by atoms with Gasteiger partial charge in [-0.15, -0.1) is 0 Å². The van der Waals surface area contributed by atoms with E-state index in [9.17, 15) is 9.59 Å². The highest BCUT2D eigenvalue weighted by molar-refractivity contribution is 6.10. The molecule has 0 bridgehead atoms. The van der Waals surface area contributed by atoms with E-state index in [4.69, 9.17) is 4.74 Å². The number of pyridine rings is 1. The number of hydrogen-bond donors (Lipinski definition) is 2. The number of H-pyrrole nitrogens is 1. The summed E-state index contributed by atoms with van der Waals surface area (Å²) in [5.41, 5.74) is 2.26. The van der Waals surface area contributed by atoms with E-state index in [1.165, 1.54) is 6.08 Å². The Kier molecular flexibility index (Phi) is 1.94. The number of rotatable bonds is 1. The summed E-state index contributed by atoms with van der Waals surface area (Å²) in [4.78, 5) is 29.3. The normalized spacial score (nSPS) is 17.5. The molecule has 2 amide bonds. The van der Waals surface area contributed by atoms with Gasteiger partial charge in [-0.25, -0.2) is 4.79 Å². The summed E-state index contributed by atoms with van der Waals surface area (Å²) in [5.74, 6) is -0.568. The number of alkyl carbamates (subject to hydrolysis) is 1. The molecule has 0 unspecified atom stereocenters. The minimum Gasteiger partial charge on any atom is -0.404 e. The standard InChI is InChI=1S/C11H7N3O3/c15-10-8(17-11(16)14-10)4-6-5-13-7-2-1-3-12-9(6)7/h1-5,13H,(H,14,15,16)/b8-4-. The molecule has 0 aromatic carbocycles. The van der Waals surface area contributed by atoms with E-state index < -0.39 is 12.0 Å². The van der Waals surface area contributed by atoms with Crippen molar-refractivity contribution in [3.63, 3.8) is 0 Å². The Morgan fingerprint density at radius 2 is 2.24 bits per heavy atom. The number of nitrogens with one attached hydrogen (secondary N) is 2. The molecule has 2 aromatic rings. The smallest absolute Gasteiger partial charge is 0.404 e. The van der Waals surface area contributed by atoms with Crippen LogP contribution < -0.4 is 5.32 Å². The topological polar surface area (TPSA) is 84.1 Å². The number of fused-ring (bicyclic) bond motifs is 1. The third-order valence-corrected chi connectivity index (χ3v) is 2.39. The van der Waals surface area contributed by atoms with Crippen molar-refractivity contribution in [3.8, 4) is 0 Å². The highest BCUT2D eigenvalue weighted by Gasteiger charge is 2.26. The second kappa shape index (κ2) is 3.44. The molecule has 84 valence electrons. The van der Waals surface area contributed by atoms with Gasteiger partial charge in [0.2, 0.25) is 0 Å². The third-order valence-electron chi connectivity index (χ3n) is 2.39. The number of aromatic amines is 1. The van der Waals surface area contributed by atoms with Crippen molar-refractivity contribution < 1.29 is 14.3 Å². The third kappa shape index (κ3) is 1.55. The Labute approximate surface area is 95.3 Å². The molecule has 3 heterocycles. The lowest BCUT2D eigenvalue weighted by Gasteiger charge is -1.92. The molecule has 3 rings (SSSR count). The van der Waals surface area contributed by atoms with E-state index >= 15 is 0 Å². The van der Waals surface area contributed by atoms with Gasteiger partial charge in [-0.05, 0) is 18.2 Å². The Morgan fingerprint density at radius 1 is 1.35 bits per heavy atom. The zero-order chi connectivity index (χ0) is 11.8. The fourth-order valence-corrected chi connectivity index (χ4v) is 1.65. The molecule has 0 atom stereocenters. The molecule has 2 N–H and O–H groups in total. The number of imide groups is 1. The second-order valence-corrected chi connectivity index (χ2v) is 3.50. The fraction of sp³-hybridized carbons (Fsp3) is 0. The summed E-state index contributed by atoms with van der Waals surface area (Å²) < 4.78 is 4.72. The van der Waals surface area contributed by atoms with Crippen molar-refractivity contribution in [1.29, 1.82) is 0 Å². The minimum atomic E-state index is -0.756. The quantitative estimate of drug-likeness (QED) is 0.719. The van der Waals surface area contributed by atoms with Crippen LogP contribution in [0.1, 0.15) is 5.56 Å². The summed E-state index contributed by atoms with van der Waals surface area (Å²) in [6.07, 6.45) is 4.07. The van der Waals surface area contributed by atoms with Crippen LogP contribution in [0.5, 0.6) is 0 Å². The van der Waals surface area contributed by atoms with E-state index in [0.29, 0.717) is 5.56 Å². The summed E-state index contributed by atoms with van der Waals surface area (Å²) in [6, 6.07) is 3.67. The number of carbonyl (C=O) groups excluding carboxylic acids is 2. The monoisotopic (exact) mass is 229 g/mol. The Morgan fingerprint density at radius 3 is 3.00 bits per heavy atom. The number of aromatic nitrogens is 2. The van der Waals surface area contributed by atoms with E-state index in [1.54, 1.807) is 18.5 Å². The lowest BCUT2D eigenvalue weighted by atomic mass is 10.2. The summed E-state index contributed by atoms with van der Waals surface area (Å²) in [6.45, 7) is 0. The van der Waals surface area contributed by atoms with E-state index in [-0.39, 0.29) is 5.76 Å². The fourth-order valence-electron chi connectivity index (χ4n) is 1.65. The van der Waals surface area contributed by atoms with Crippen molar-refractivity contribution in [2.45, 2.75) is 0 Å². The van der Waals surface area contributed by atoms with E-state index in [1.807, 2.05) is 11.4 Å². The highest BCUT2D eigenvalue weighted by atomic mass is 16.6. The van der Waals surface area contributed by atoms with Crippen molar-refractivity contribution in [2.24, 2.45) is 0 Å². The number of nitrogens with zero attached hydrogens (tertiary/aromatic N) is 1. The molecule has 0 spiro atoms. The average Bonchev–Trinajstić information content (AvgIpc) is 2.85. The van der Waals surface area contributed by atoms with Gasteiger partial charge in [0.15, 0.2) is 5.76 Å². The molecule has 1 aliphatic heterocycles. The Balaban J connectivity index is 2.08. The predicted molar refractivity (Wildman–Crippen MR) is 58.7 cm³/mol. The summed E-state index contributed by atoms with van der Waals surface area (Å²) >= 11 is 0.